The third kappa shape index (κ3) is 3.75. The Bertz CT molecular complexity index is 277. The van der Waals surface area contributed by atoms with Gasteiger partial charge in [0.25, 0.3) is 0 Å². The van der Waals surface area contributed by atoms with Crippen LogP contribution in [0, 0.1) is 11.3 Å². The SMILES string of the molecule is CCCS(=O)(=O)N(CC#N)C(C)C. The van der Waals surface area contributed by atoms with Crippen molar-refractivity contribution in [2.75, 3.05) is 12.3 Å². The molecule has 13 heavy (non-hydrogen) atoms. The lowest BCUT2D eigenvalue weighted by atomic mass is 10.4. The van der Waals surface area contributed by atoms with Crippen LogP contribution in [0.1, 0.15) is 27.2 Å². The van der Waals surface area contributed by atoms with Gasteiger partial charge >= 0.3 is 0 Å². The molecule has 0 saturated carbocycles. The standard InChI is InChI=1S/C8H16N2O2S/c1-4-7-13(11,12)10(6-5-9)8(2)3/h8H,4,6-7H2,1-3H3. The van der Waals surface area contributed by atoms with E-state index >= 15 is 0 Å². The van der Waals surface area contributed by atoms with Gasteiger partial charge in [0.05, 0.1) is 11.8 Å². The van der Waals surface area contributed by atoms with E-state index in [1.54, 1.807) is 13.8 Å². The average Bonchev–Trinajstić information content (AvgIpc) is 1.99. The Morgan fingerprint density at radius 1 is 1.46 bits per heavy atom. The van der Waals surface area contributed by atoms with E-state index in [2.05, 4.69) is 0 Å². The molecule has 4 nitrogen and oxygen atoms in total. The van der Waals surface area contributed by atoms with Gasteiger partial charge in [-0.3, -0.25) is 0 Å². The zero-order chi connectivity index (χ0) is 10.5. The monoisotopic (exact) mass is 204 g/mol. The van der Waals surface area contributed by atoms with Crippen molar-refractivity contribution < 1.29 is 8.42 Å². The van der Waals surface area contributed by atoms with Crippen molar-refractivity contribution in [1.82, 2.24) is 4.31 Å². The van der Waals surface area contributed by atoms with Crippen LogP contribution >= 0.6 is 0 Å². The molecule has 0 aromatic rings. The van der Waals surface area contributed by atoms with Crippen molar-refractivity contribution >= 4 is 10.0 Å². The van der Waals surface area contributed by atoms with Crippen molar-refractivity contribution in [3.05, 3.63) is 0 Å². The van der Waals surface area contributed by atoms with Crippen molar-refractivity contribution in [2.24, 2.45) is 0 Å². The highest BCUT2D eigenvalue weighted by Crippen LogP contribution is 2.07. The number of hydrogen-bond acceptors (Lipinski definition) is 3. The minimum absolute atomic E-state index is 0.0556. The zero-order valence-corrected chi connectivity index (χ0v) is 9.13. The first-order chi connectivity index (χ1) is 5.95. The summed E-state index contributed by atoms with van der Waals surface area (Å²) in [5.41, 5.74) is 0. The van der Waals surface area contributed by atoms with Crippen LogP contribution in [0.25, 0.3) is 0 Å². The molecule has 0 bridgehead atoms. The van der Waals surface area contributed by atoms with Crippen LogP contribution < -0.4 is 0 Å². The Morgan fingerprint density at radius 2 is 2.00 bits per heavy atom. The molecule has 0 radical (unpaired) electrons. The van der Waals surface area contributed by atoms with Crippen molar-refractivity contribution in [1.29, 1.82) is 5.26 Å². The lowest BCUT2D eigenvalue weighted by Gasteiger charge is -2.22. The number of nitriles is 1. The molecule has 0 fully saturated rings. The quantitative estimate of drug-likeness (QED) is 0.627. The minimum atomic E-state index is -3.22. The molecule has 0 N–H and O–H groups in total. The molecular weight excluding hydrogens is 188 g/mol. The summed E-state index contributed by atoms with van der Waals surface area (Å²) in [6.07, 6.45) is 0.580. The first kappa shape index (κ1) is 12.4. The second kappa shape index (κ2) is 5.20. The third-order valence-corrected chi connectivity index (χ3v) is 3.81. The fraction of sp³-hybridized carbons (Fsp3) is 0.875. The maximum atomic E-state index is 11.5. The van der Waals surface area contributed by atoms with E-state index in [0.717, 1.165) is 0 Å². The Morgan fingerprint density at radius 3 is 2.31 bits per heavy atom. The molecule has 0 atom stereocenters. The summed E-state index contributed by atoms with van der Waals surface area (Å²) in [6, 6.07) is 1.72. The molecule has 76 valence electrons. The summed E-state index contributed by atoms with van der Waals surface area (Å²) >= 11 is 0. The topological polar surface area (TPSA) is 61.2 Å². The maximum Gasteiger partial charge on any atom is 0.215 e. The molecule has 0 aliphatic carbocycles. The molecule has 0 aromatic heterocycles. The van der Waals surface area contributed by atoms with Crippen molar-refractivity contribution in [2.45, 2.75) is 33.2 Å². The molecule has 0 aliphatic rings. The van der Waals surface area contributed by atoms with Crippen LogP contribution in [0.3, 0.4) is 0 Å². The van der Waals surface area contributed by atoms with E-state index in [4.69, 9.17) is 5.26 Å². The summed E-state index contributed by atoms with van der Waals surface area (Å²) in [6.45, 7) is 5.29. The molecule has 0 unspecified atom stereocenters. The largest absolute Gasteiger partial charge is 0.215 e. The zero-order valence-electron chi connectivity index (χ0n) is 8.32. The minimum Gasteiger partial charge on any atom is -0.212 e. The van der Waals surface area contributed by atoms with Crippen LogP contribution in [0.5, 0.6) is 0 Å². The highest BCUT2D eigenvalue weighted by atomic mass is 32.2. The Labute approximate surface area is 80.2 Å². The maximum absolute atomic E-state index is 11.5. The molecule has 0 aromatic carbocycles. The van der Waals surface area contributed by atoms with Gasteiger partial charge in [-0.1, -0.05) is 6.92 Å². The number of rotatable bonds is 5. The normalized spacial score (nSPS) is 12.0. The van der Waals surface area contributed by atoms with Crippen molar-refractivity contribution in [3.63, 3.8) is 0 Å². The van der Waals surface area contributed by atoms with Crippen LogP contribution in [0.4, 0.5) is 0 Å². The van der Waals surface area contributed by atoms with Crippen molar-refractivity contribution in [3.8, 4) is 6.07 Å². The van der Waals surface area contributed by atoms with Gasteiger partial charge in [0, 0.05) is 6.04 Å². The van der Waals surface area contributed by atoms with Crippen LogP contribution in [-0.4, -0.2) is 31.1 Å². The number of sulfonamides is 1. The fourth-order valence-corrected chi connectivity index (χ4v) is 2.69. The lowest BCUT2D eigenvalue weighted by Crippen LogP contribution is -2.38. The second-order valence-electron chi connectivity index (χ2n) is 3.11. The highest BCUT2D eigenvalue weighted by Gasteiger charge is 2.23. The first-order valence-electron chi connectivity index (χ1n) is 4.32. The predicted octanol–water partition coefficient (Wildman–Crippen LogP) is 0.960. The molecule has 0 rings (SSSR count). The Balaban J connectivity index is 4.65. The van der Waals surface area contributed by atoms with Crippen LogP contribution in [-0.2, 0) is 10.0 Å². The van der Waals surface area contributed by atoms with E-state index in [9.17, 15) is 8.42 Å². The van der Waals surface area contributed by atoms with Gasteiger partial charge < -0.3 is 0 Å². The van der Waals surface area contributed by atoms with Gasteiger partial charge in [0.2, 0.25) is 10.0 Å². The summed E-state index contributed by atoms with van der Waals surface area (Å²) in [5, 5.41) is 8.46. The molecule has 0 spiro atoms. The molecule has 5 heteroatoms. The molecule has 0 heterocycles. The summed E-state index contributed by atoms with van der Waals surface area (Å²) in [7, 11) is -3.22. The van der Waals surface area contributed by atoms with Gasteiger partial charge in [-0.25, -0.2) is 8.42 Å². The first-order valence-corrected chi connectivity index (χ1v) is 5.93. The number of hydrogen-bond donors (Lipinski definition) is 0. The van der Waals surface area contributed by atoms with E-state index in [1.165, 1.54) is 4.31 Å². The van der Waals surface area contributed by atoms with Crippen LogP contribution in [0.2, 0.25) is 0 Å². The Hall–Kier alpha value is -0.600. The molecule has 0 amide bonds. The predicted molar refractivity (Wildman–Crippen MR) is 51.5 cm³/mol. The Kier molecular flexibility index (Phi) is 4.96. The lowest BCUT2D eigenvalue weighted by molar-refractivity contribution is 0.385. The second-order valence-corrected chi connectivity index (χ2v) is 5.15. The van der Waals surface area contributed by atoms with Gasteiger partial charge in [0.15, 0.2) is 0 Å². The van der Waals surface area contributed by atoms with Crippen LogP contribution in [0.15, 0.2) is 0 Å². The molecular formula is C8H16N2O2S. The van der Waals surface area contributed by atoms with Gasteiger partial charge in [0.1, 0.15) is 6.54 Å². The smallest absolute Gasteiger partial charge is 0.212 e. The summed E-state index contributed by atoms with van der Waals surface area (Å²) < 4.78 is 24.3. The number of nitrogens with zero attached hydrogens (tertiary/aromatic N) is 2. The third-order valence-electron chi connectivity index (χ3n) is 1.62. The van der Waals surface area contributed by atoms with E-state index in [0.29, 0.717) is 6.42 Å². The highest BCUT2D eigenvalue weighted by molar-refractivity contribution is 7.89. The van der Waals surface area contributed by atoms with Gasteiger partial charge in [-0.05, 0) is 20.3 Å². The van der Waals surface area contributed by atoms with E-state index in [1.807, 2.05) is 13.0 Å². The molecule has 0 aliphatic heterocycles. The summed E-state index contributed by atoms with van der Waals surface area (Å²) in [5.74, 6) is 0.118. The fourth-order valence-electron chi connectivity index (χ4n) is 1.05. The van der Waals surface area contributed by atoms with E-state index in [-0.39, 0.29) is 18.3 Å². The van der Waals surface area contributed by atoms with Gasteiger partial charge in [-0.2, -0.15) is 9.57 Å². The van der Waals surface area contributed by atoms with Gasteiger partial charge in [-0.15, -0.1) is 0 Å². The average molecular weight is 204 g/mol. The summed E-state index contributed by atoms with van der Waals surface area (Å²) in [4.78, 5) is 0. The van der Waals surface area contributed by atoms with E-state index < -0.39 is 10.0 Å². The molecule has 0 saturated heterocycles.